The van der Waals surface area contributed by atoms with Gasteiger partial charge in [0.25, 0.3) is 5.91 Å². The number of fused-ring (bicyclic) bond motifs is 5. The molecule has 0 spiro atoms. The second-order valence-electron chi connectivity index (χ2n) is 6.13. The first-order chi connectivity index (χ1) is 11.7. The summed E-state index contributed by atoms with van der Waals surface area (Å²) in [7, 11) is 0. The molecule has 3 aliphatic heterocycles. The first-order valence-electron chi connectivity index (χ1n) is 7.67. The summed E-state index contributed by atoms with van der Waals surface area (Å²) in [5, 5.41) is 3.76. The van der Waals surface area contributed by atoms with Gasteiger partial charge >= 0.3 is 0 Å². The highest BCUT2D eigenvalue weighted by Crippen LogP contribution is 2.56. The molecule has 3 atom stereocenters. The third-order valence-electron chi connectivity index (χ3n) is 5.01. The van der Waals surface area contributed by atoms with Gasteiger partial charge in [-0.2, -0.15) is 0 Å². The van der Waals surface area contributed by atoms with E-state index in [2.05, 4.69) is 5.32 Å². The molecule has 3 heterocycles. The summed E-state index contributed by atoms with van der Waals surface area (Å²) in [5.74, 6) is -2.11. The van der Waals surface area contributed by atoms with Crippen LogP contribution in [0, 0.1) is 5.92 Å². The summed E-state index contributed by atoms with van der Waals surface area (Å²) in [6.45, 7) is 0. The Morgan fingerprint density at radius 1 is 0.917 bits per heavy atom. The van der Waals surface area contributed by atoms with Crippen molar-refractivity contribution in [1.82, 2.24) is 5.32 Å². The molecule has 0 saturated carbocycles. The molecule has 24 heavy (non-hydrogen) atoms. The number of carbonyl (C=O) groups excluding carboxylic acids is 3. The largest absolute Gasteiger partial charge is 0.294 e. The van der Waals surface area contributed by atoms with E-state index in [-0.39, 0.29) is 5.78 Å². The van der Waals surface area contributed by atoms with Crippen molar-refractivity contribution in [3.05, 3.63) is 65.7 Å². The average molecular weight is 320 g/mol. The molecule has 2 fully saturated rings. The Morgan fingerprint density at radius 2 is 1.62 bits per heavy atom. The fraction of sp³-hybridized carbons (Fsp3) is 0.167. The Morgan fingerprint density at radius 3 is 2.42 bits per heavy atom. The molecule has 2 aromatic carbocycles. The zero-order valence-electron chi connectivity index (χ0n) is 12.4. The van der Waals surface area contributed by atoms with Gasteiger partial charge in [-0.15, -0.1) is 0 Å². The summed E-state index contributed by atoms with van der Waals surface area (Å²) in [6.07, 6.45) is -0.991. The molecule has 6 nitrogen and oxygen atoms in total. The minimum atomic E-state index is -1.34. The summed E-state index contributed by atoms with van der Waals surface area (Å²) in [6, 6.07) is 16.1. The van der Waals surface area contributed by atoms with Gasteiger partial charge in [0.15, 0.2) is 17.4 Å². The Bertz CT molecular complexity index is 910. The molecule has 1 N–H and O–H groups in total. The van der Waals surface area contributed by atoms with Gasteiger partial charge in [-0.3, -0.25) is 24.5 Å². The van der Waals surface area contributed by atoms with Gasteiger partial charge in [0.2, 0.25) is 5.91 Å². The highest BCUT2D eigenvalue weighted by molar-refractivity contribution is 6.20. The predicted molar refractivity (Wildman–Crippen MR) is 82.9 cm³/mol. The van der Waals surface area contributed by atoms with Crippen molar-refractivity contribution in [1.29, 1.82) is 0 Å². The lowest BCUT2D eigenvalue weighted by atomic mass is 9.74. The normalized spacial score (nSPS) is 30.2. The Balaban J connectivity index is 1.83. The first-order valence-corrected chi connectivity index (χ1v) is 7.67. The van der Waals surface area contributed by atoms with Crippen molar-refractivity contribution in [2.45, 2.75) is 11.6 Å². The zero-order chi connectivity index (χ0) is 16.5. The minimum Gasteiger partial charge on any atom is -0.294 e. The third-order valence-corrected chi connectivity index (χ3v) is 5.01. The molecule has 0 bridgehead atoms. The van der Waals surface area contributed by atoms with Crippen molar-refractivity contribution in [2.75, 3.05) is 5.06 Å². The number of benzene rings is 2. The SMILES string of the molecule is O=C1NC(=O)[C@@H]2ON3c4ccccc4C(=O)[C@@]3(c3ccccc3)[C@H]12. The van der Waals surface area contributed by atoms with Gasteiger partial charge in [-0.05, 0) is 17.7 Å². The van der Waals surface area contributed by atoms with Crippen LogP contribution in [0.5, 0.6) is 0 Å². The Hall–Kier alpha value is -2.99. The third kappa shape index (κ3) is 1.33. The van der Waals surface area contributed by atoms with Gasteiger partial charge in [0.1, 0.15) is 5.92 Å². The number of amides is 2. The highest BCUT2D eigenvalue weighted by Gasteiger charge is 2.71. The molecule has 118 valence electrons. The number of nitrogens with zero attached hydrogens (tertiary/aromatic N) is 1. The van der Waals surface area contributed by atoms with Crippen LogP contribution in [0.2, 0.25) is 0 Å². The topological polar surface area (TPSA) is 75.7 Å². The second kappa shape index (κ2) is 4.30. The number of carbonyl (C=O) groups is 3. The number of anilines is 1. The maximum Gasteiger partial charge on any atom is 0.259 e. The number of hydrogen-bond donors (Lipinski definition) is 1. The van der Waals surface area contributed by atoms with Crippen molar-refractivity contribution in [3.8, 4) is 0 Å². The van der Waals surface area contributed by atoms with Gasteiger partial charge in [0.05, 0.1) is 5.69 Å². The molecule has 0 radical (unpaired) electrons. The molecular weight excluding hydrogens is 308 g/mol. The van der Waals surface area contributed by atoms with E-state index in [9.17, 15) is 14.4 Å². The van der Waals surface area contributed by atoms with Gasteiger partial charge < -0.3 is 0 Å². The van der Waals surface area contributed by atoms with E-state index in [0.717, 1.165) is 0 Å². The van der Waals surface area contributed by atoms with Gasteiger partial charge in [-0.25, -0.2) is 5.06 Å². The number of Topliss-reactive ketones (excluding diaryl/α,β-unsaturated/α-hetero) is 1. The first kappa shape index (κ1) is 13.4. The highest BCUT2D eigenvalue weighted by atomic mass is 16.7. The molecule has 2 amide bonds. The van der Waals surface area contributed by atoms with Crippen LogP contribution in [-0.4, -0.2) is 23.7 Å². The Labute approximate surface area is 137 Å². The quantitative estimate of drug-likeness (QED) is 0.798. The molecule has 0 unspecified atom stereocenters. The van der Waals surface area contributed by atoms with Gasteiger partial charge in [-0.1, -0.05) is 42.5 Å². The molecule has 6 heteroatoms. The second-order valence-corrected chi connectivity index (χ2v) is 6.13. The van der Waals surface area contributed by atoms with E-state index in [0.29, 0.717) is 16.8 Å². The van der Waals surface area contributed by atoms with E-state index >= 15 is 0 Å². The van der Waals surface area contributed by atoms with Crippen LogP contribution in [0.25, 0.3) is 0 Å². The fourth-order valence-electron chi connectivity index (χ4n) is 4.05. The lowest BCUT2D eigenvalue weighted by Gasteiger charge is -2.33. The smallest absolute Gasteiger partial charge is 0.259 e. The van der Waals surface area contributed by atoms with Gasteiger partial charge in [0, 0.05) is 5.56 Å². The molecule has 2 saturated heterocycles. The number of nitrogens with one attached hydrogen (secondary N) is 1. The maximum atomic E-state index is 13.4. The Kier molecular flexibility index (Phi) is 2.41. The fourth-order valence-corrected chi connectivity index (χ4v) is 4.05. The van der Waals surface area contributed by atoms with Crippen LogP contribution >= 0.6 is 0 Å². The van der Waals surface area contributed by atoms with E-state index in [1.54, 1.807) is 48.5 Å². The standard InChI is InChI=1S/C18H12N2O4/c21-15-11-8-4-5-9-12(11)20-18(15,10-6-2-1-3-7-10)13-14(24-20)17(23)19-16(13)22/h1-9,13-14H,(H,19,22,23)/t13-,14+,18+/m0/s1. The van der Waals surface area contributed by atoms with Crippen molar-refractivity contribution in [2.24, 2.45) is 5.92 Å². The van der Waals surface area contributed by atoms with E-state index in [1.165, 1.54) is 5.06 Å². The molecule has 2 aromatic rings. The number of imide groups is 1. The maximum absolute atomic E-state index is 13.4. The van der Waals surface area contributed by atoms with Crippen LogP contribution in [0.3, 0.4) is 0 Å². The van der Waals surface area contributed by atoms with E-state index < -0.39 is 29.4 Å². The number of ketones is 1. The van der Waals surface area contributed by atoms with Crippen molar-refractivity contribution in [3.63, 3.8) is 0 Å². The summed E-state index contributed by atoms with van der Waals surface area (Å²) >= 11 is 0. The monoisotopic (exact) mass is 320 g/mol. The van der Waals surface area contributed by atoms with E-state index in [4.69, 9.17) is 4.84 Å². The van der Waals surface area contributed by atoms with Crippen LogP contribution in [-0.2, 0) is 20.0 Å². The van der Waals surface area contributed by atoms with Crippen LogP contribution < -0.4 is 10.4 Å². The summed E-state index contributed by atoms with van der Waals surface area (Å²) in [5.41, 5.74) is 0.378. The molecular formula is C18H12N2O4. The molecule has 5 rings (SSSR count). The lowest BCUT2D eigenvalue weighted by molar-refractivity contribution is -0.129. The molecule has 3 aliphatic rings. The lowest BCUT2D eigenvalue weighted by Crippen LogP contribution is -2.50. The predicted octanol–water partition coefficient (Wildman–Crippen LogP) is 1.17. The van der Waals surface area contributed by atoms with Crippen LogP contribution in [0.4, 0.5) is 5.69 Å². The zero-order valence-corrected chi connectivity index (χ0v) is 12.4. The number of hydrogen-bond acceptors (Lipinski definition) is 5. The van der Waals surface area contributed by atoms with Crippen LogP contribution in [0.15, 0.2) is 54.6 Å². The van der Waals surface area contributed by atoms with E-state index in [1.807, 2.05) is 6.07 Å². The number of rotatable bonds is 1. The number of hydroxylamine groups is 1. The average Bonchev–Trinajstić information content (AvgIpc) is 3.18. The minimum absolute atomic E-state index is 0.221. The number of para-hydroxylation sites is 1. The van der Waals surface area contributed by atoms with Crippen LogP contribution in [0.1, 0.15) is 15.9 Å². The van der Waals surface area contributed by atoms with Crippen molar-refractivity contribution >= 4 is 23.3 Å². The summed E-state index contributed by atoms with van der Waals surface area (Å²) < 4.78 is 0. The molecule has 0 aliphatic carbocycles. The van der Waals surface area contributed by atoms with Crippen molar-refractivity contribution < 1.29 is 19.2 Å². The molecule has 0 aromatic heterocycles. The summed E-state index contributed by atoms with van der Waals surface area (Å²) in [4.78, 5) is 43.8.